The highest BCUT2D eigenvalue weighted by Crippen LogP contribution is 2.52. The number of fused-ring (bicyclic) bond motifs is 1. The number of carbonyl (C=O) groups excluding carboxylic acids is 1. The zero-order valence-corrected chi connectivity index (χ0v) is 24.0. The van der Waals surface area contributed by atoms with Crippen molar-refractivity contribution in [3.8, 4) is 0 Å². The van der Waals surface area contributed by atoms with Crippen LogP contribution in [0.3, 0.4) is 0 Å². The SMILES string of the molecule is Cc1ccc(S(=O)C2C[C@H]3C(=O)CC(c4ccc(Cl)cc4)C(S(C)=O)[C@H]3CC2c2ccc(Cl)cc2)cc1. The number of hydrogen-bond donors (Lipinski definition) is 0. The van der Waals surface area contributed by atoms with E-state index in [9.17, 15) is 13.2 Å². The van der Waals surface area contributed by atoms with Crippen molar-refractivity contribution in [2.24, 2.45) is 11.8 Å². The summed E-state index contributed by atoms with van der Waals surface area (Å²) in [4.78, 5) is 14.4. The summed E-state index contributed by atoms with van der Waals surface area (Å²) in [7, 11) is -2.43. The summed E-state index contributed by atoms with van der Waals surface area (Å²) in [6, 6.07) is 23.1. The van der Waals surface area contributed by atoms with Gasteiger partial charge in [0.2, 0.25) is 0 Å². The molecule has 2 fully saturated rings. The molecule has 0 radical (unpaired) electrons. The predicted molar refractivity (Wildman–Crippen MR) is 153 cm³/mol. The standard InChI is InChI=1S/C30H30Cl2O3S2/c1-18-3-13-23(14-4-18)37(35)29-17-26-27(15-24(29)19-5-9-21(31)10-6-19)30(36(2)34)25(16-28(26)33)20-7-11-22(32)12-8-20/h3-14,24-27,29-30H,15-17H2,1-2H3/t24?,25?,26-,27+,29?,30?,36?,37?/m1/s1. The Morgan fingerprint density at radius 1 is 0.730 bits per heavy atom. The molecule has 0 saturated heterocycles. The van der Waals surface area contributed by atoms with Gasteiger partial charge in [-0.05, 0) is 79.1 Å². The van der Waals surface area contributed by atoms with Crippen LogP contribution in [-0.4, -0.2) is 31.0 Å². The minimum Gasteiger partial charge on any atom is -0.299 e. The van der Waals surface area contributed by atoms with Gasteiger partial charge in [0, 0.05) is 60.8 Å². The molecule has 0 spiro atoms. The van der Waals surface area contributed by atoms with E-state index in [-0.39, 0.29) is 40.0 Å². The molecule has 2 saturated carbocycles. The number of Topliss-reactive ketones (excluding diaryl/α,β-unsaturated/α-hetero) is 1. The summed E-state index contributed by atoms with van der Waals surface area (Å²) >= 11 is 12.3. The monoisotopic (exact) mass is 572 g/mol. The third-order valence-electron chi connectivity index (χ3n) is 8.14. The van der Waals surface area contributed by atoms with Crippen LogP contribution in [0.25, 0.3) is 0 Å². The molecule has 8 atom stereocenters. The Balaban J connectivity index is 1.55. The van der Waals surface area contributed by atoms with Gasteiger partial charge in [-0.1, -0.05) is 65.2 Å². The fourth-order valence-electron chi connectivity index (χ4n) is 6.35. The molecule has 7 heteroatoms. The Labute approximate surface area is 233 Å². The first-order valence-electron chi connectivity index (χ1n) is 12.6. The second-order valence-corrected chi connectivity index (χ2v) is 14.4. The lowest BCUT2D eigenvalue weighted by molar-refractivity contribution is -0.128. The van der Waals surface area contributed by atoms with E-state index in [0.29, 0.717) is 29.3 Å². The van der Waals surface area contributed by atoms with E-state index in [4.69, 9.17) is 23.2 Å². The number of ketones is 1. The largest absolute Gasteiger partial charge is 0.299 e. The number of hydrogen-bond acceptors (Lipinski definition) is 3. The van der Waals surface area contributed by atoms with Crippen LogP contribution in [0.15, 0.2) is 77.7 Å². The minimum absolute atomic E-state index is 0.0385. The van der Waals surface area contributed by atoms with Crippen molar-refractivity contribution in [1.82, 2.24) is 0 Å². The van der Waals surface area contributed by atoms with E-state index in [2.05, 4.69) is 0 Å². The van der Waals surface area contributed by atoms with Crippen molar-refractivity contribution in [3.05, 3.63) is 99.5 Å². The van der Waals surface area contributed by atoms with Crippen LogP contribution in [0.1, 0.15) is 47.8 Å². The average molecular weight is 574 g/mol. The molecule has 37 heavy (non-hydrogen) atoms. The normalized spacial score (nSPS) is 29.4. The maximum atomic E-state index is 14.0. The summed E-state index contributed by atoms with van der Waals surface area (Å²) < 4.78 is 27.2. The maximum absolute atomic E-state index is 14.0. The zero-order valence-electron chi connectivity index (χ0n) is 20.8. The van der Waals surface area contributed by atoms with Gasteiger partial charge in [-0.15, -0.1) is 0 Å². The van der Waals surface area contributed by atoms with Gasteiger partial charge >= 0.3 is 0 Å². The number of halogens is 2. The van der Waals surface area contributed by atoms with Crippen LogP contribution in [0.2, 0.25) is 10.0 Å². The van der Waals surface area contributed by atoms with Gasteiger partial charge in [0.1, 0.15) is 5.78 Å². The van der Waals surface area contributed by atoms with E-state index in [0.717, 1.165) is 21.6 Å². The Morgan fingerprint density at radius 2 is 1.27 bits per heavy atom. The van der Waals surface area contributed by atoms with Crippen LogP contribution in [-0.2, 0) is 26.4 Å². The van der Waals surface area contributed by atoms with E-state index in [1.807, 2.05) is 79.7 Å². The van der Waals surface area contributed by atoms with Crippen LogP contribution in [0.4, 0.5) is 0 Å². The molecule has 194 valence electrons. The molecule has 0 heterocycles. The Morgan fingerprint density at radius 3 is 1.81 bits per heavy atom. The number of rotatable bonds is 5. The minimum atomic E-state index is -1.29. The molecule has 3 aromatic carbocycles. The number of benzene rings is 3. The van der Waals surface area contributed by atoms with Crippen molar-refractivity contribution in [2.75, 3.05) is 6.26 Å². The molecule has 3 nitrogen and oxygen atoms in total. The van der Waals surface area contributed by atoms with E-state index in [1.165, 1.54) is 0 Å². The Hall–Kier alpha value is -1.79. The lowest BCUT2D eigenvalue weighted by atomic mass is 9.62. The Kier molecular flexibility index (Phi) is 8.07. The molecule has 2 aliphatic carbocycles. The molecule has 0 aliphatic heterocycles. The molecular weight excluding hydrogens is 543 g/mol. The van der Waals surface area contributed by atoms with Gasteiger partial charge in [-0.3, -0.25) is 13.2 Å². The smallest absolute Gasteiger partial charge is 0.136 e. The molecule has 0 aromatic heterocycles. The molecular formula is C30H30Cl2O3S2. The maximum Gasteiger partial charge on any atom is 0.136 e. The van der Waals surface area contributed by atoms with Gasteiger partial charge in [0.05, 0.1) is 10.8 Å². The van der Waals surface area contributed by atoms with Gasteiger partial charge in [-0.25, -0.2) is 0 Å². The first-order valence-corrected chi connectivity index (χ1v) is 16.1. The van der Waals surface area contributed by atoms with Gasteiger partial charge < -0.3 is 0 Å². The molecule has 6 unspecified atom stereocenters. The lowest BCUT2D eigenvalue weighted by Gasteiger charge is -2.48. The van der Waals surface area contributed by atoms with Gasteiger partial charge in [-0.2, -0.15) is 0 Å². The molecule has 0 N–H and O–H groups in total. The number of aryl methyl sites for hydroxylation is 1. The number of carbonyl (C=O) groups is 1. The first-order chi connectivity index (χ1) is 17.7. The third kappa shape index (κ3) is 5.52. The highest BCUT2D eigenvalue weighted by Gasteiger charge is 2.52. The van der Waals surface area contributed by atoms with E-state index in [1.54, 1.807) is 6.26 Å². The van der Waals surface area contributed by atoms with Crippen molar-refractivity contribution >= 4 is 50.6 Å². The summed E-state index contributed by atoms with van der Waals surface area (Å²) in [5, 5.41) is 0.913. The summed E-state index contributed by atoms with van der Waals surface area (Å²) in [6.45, 7) is 2.01. The fraction of sp³-hybridized carbons (Fsp3) is 0.367. The first kappa shape index (κ1) is 26.8. The molecule has 0 bridgehead atoms. The van der Waals surface area contributed by atoms with Crippen molar-refractivity contribution in [2.45, 2.75) is 53.4 Å². The summed E-state index contributed by atoms with van der Waals surface area (Å²) in [5.41, 5.74) is 3.18. The van der Waals surface area contributed by atoms with Gasteiger partial charge in [0.25, 0.3) is 0 Å². The summed E-state index contributed by atoms with van der Waals surface area (Å²) in [6.07, 6.45) is 3.30. The third-order valence-corrected chi connectivity index (χ3v) is 11.9. The van der Waals surface area contributed by atoms with Crippen molar-refractivity contribution in [1.29, 1.82) is 0 Å². The summed E-state index contributed by atoms with van der Waals surface area (Å²) in [5.74, 6) is -0.280. The topological polar surface area (TPSA) is 51.2 Å². The molecule has 2 aliphatic rings. The molecule has 3 aromatic rings. The highest BCUT2D eigenvalue weighted by molar-refractivity contribution is 7.85. The second kappa shape index (κ2) is 11.1. The van der Waals surface area contributed by atoms with Crippen molar-refractivity contribution < 1.29 is 13.2 Å². The second-order valence-electron chi connectivity index (χ2n) is 10.3. The molecule has 0 amide bonds. The van der Waals surface area contributed by atoms with Crippen LogP contribution >= 0.6 is 23.2 Å². The lowest BCUT2D eigenvalue weighted by Crippen LogP contribution is -2.51. The van der Waals surface area contributed by atoms with Crippen LogP contribution in [0, 0.1) is 18.8 Å². The van der Waals surface area contributed by atoms with Crippen molar-refractivity contribution in [3.63, 3.8) is 0 Å². The van der Waals surface area contributed by atoms with Crippen LogP contribution in [0.5, 0.6) is 0 Å². The van der Waals surface area contributed by atoms with E-state index < -0.39 is 21.6 Å². The van der Waals surface area contributed by atoms with E-state index >= 15 is 0 Å². The highest BCUT2D eigenvalue weighted by atomic mass is 35.5. The fourth-order valence-corrected chi connectivity index (χ4v) is 9.82. The molecule has 5 rings (SSSR count). The van der Waals surface area contributed by atoms with Crippen LogP contribution < -0.4 is 0 Å². The quantitative estimate of drug-likeness (QED) is 0.328. The predicted octanol–water partition coefficient (Wildman–Crippen LogP) is 7.09. The zero-order chi connectivity index (χ0) is 26.3. The Bertz CT molecular complexity index is 1320. The average Bonchev–Trinajstić information content (AvgIpc) is 2.88. The van der Waals surface area contributed by atoms with Gasteiger partial charge in [0.15, 0.2) is 0 Å².